The van der Waals surface area contributed by atoms with Crippen LogP contribution in [0.2, 0.25) is 0 Å². The molecule has 1 aromatic rings. The molecule has 0 aliphatic carbocycles. The van der Waals surface area contributed by atoms with Gasteiger partial charge < -0.3 is 14.8 Å². The molecule has 0 amide bonds. The molecule has 0 fully saturated rings. The number of nitrogens with zero attached hydrogens (tertiary/aromatic N) is 2. The van der Waals surface area contributed by atoms with Gasteiger partial charge in [-0.1, -0.05) is 0 Å². The lowest BCUT2D eigenvalue weighted by Gasteiger charge is -2.02. The van der Waals surface area contributed by atoms with Crippen molar-refractivity contribution in [3.63, 3.8) is 0 Å². The standard InChI is InChI=1S/C7H10N2O3/c1-9-3-5(8-4-9)6(10)2-7(11)12/h3-4,6,10H,2H2,1H3,(H,11,12)/t6-/m0/s1. The van der Waals surface area contributed by atoms with Gasteiger partial charge in [-0.05, 0) is 0 Å². The average molecular weight is 170 g/mol. The van der Waals surface area contributed by atoms with Crippen LogP contribution in [0.3, 0.4) is 0 Å². The number of aliphatic hydroxyl groups excluding tert-OH is 1. The molecule has 0 radical (unpaired) electrons. The second-order valence-corrected chi connectivity index (χ2v) is 2.58. The first kappa shape index (κ1) is 8.73. The number of carboxylic acids is 1. The summed E-state index contributed by atoms with van der Waals surface area (Å²) in [4.78, 5) is 14.0. The number of aryl methyl sites for hydroxylation is 1. The van der Waals surface area contributed by atoms with Gasteiger partial charge in [0.25, 0.3) is 0 Å². The molecule has 12 heavy (non-hydrogen) atoms. The van der Waals surface area contributed by atoms with Crippen molar-refractivity contribution in [2.45, 2.75) is 12.5 Å². The second-order valence-electron chi connectivity index (χ2n) is 2.58. The zero-order valence-corrected chi connectivity index (χ0v) is 6.64. The normalized spacial score (nSPS) is 12.8. The Bertz CT molecular complexity index is 282. The van der Waals surface area contributed by atoms with Gasteiger partial charge in [0.1, 0.15) is 6.10 Å². The predicted octanol–water partition coefficient (Wildman–Crippen LogP) is -0.0718. The minimum atomic E-state index is -1.03. The van der Waals surface area contributed by atoms with Crippen molar-refractivity contribution in [3.05, 3.63) is 18.2 Å². The molecule has 1 heterocycles. The third-order valence-electron chi connectivity index (χ3n) is 1.43. The first-order valence-corrected chi connectivity index (χ1v) is 3.47. The third kappa shape index (κ3) is 2.06. The lowest BCUT2D eigenvalue weighted by Crippen LogP contribution is -2.05. The van der Waals surface area contributed by atoms with Crippen molar-refractivity contribution in [1.82, 2.24) is 9.55 Å². The van der Waals surface area contributed by atoms with Crippen LogP contribution < -0.4 is 0 Å². The zero-order valence-electron chi connectivity index (χ0n) is 6.64. The van der Waals surface area contributed by atoms with E-state index in [0.29, 0.717) is 5.69 Å². The topological polar surface area (TPSA) is 75.3 Å². The van der Waals surface area contributed by atoms with E-state index in [4.69, 9.17) is 5.11 Å². The van der Waals surface area contributed by atoms with E-state index in [2.05, 4.69) is 4.98 Å². The summed E-state index contributed by atoms with van der Waals surface area (Å²) in [5, 5.41) is 17.6. The van der Waals surface area contributed by atoms with E-state index < -0.39 is 12.1 Å². The van der Waals surface area contributed by atoms with Gasteiger partial charge in [0, 0.05) is 13.2 Å². The van der Waals surface area contributed by atoms with E-state index in [9.17, 15) is 9.90 Å². The third-order valence-corrected chi connectivity index (χ3v) is 1.43. The highest BCUT2D eigenvalue weighted by molar-refractivity contribution is 5.67. The van der Waals surface area contributed by atoms with Gasteiger partial charge in [0.15, 0.2) is 0 Å². The van der Waals surface area contributed by atoms with Crippen LogP contribution in [-0.2, 0) is 11.8 Å². The molecule has 0 unspecified atom stereocenters. The molecular weight excluding hydrogens is 160 g/mol. The Kier molecular flexibility index (Phi) is 2.44. The highest BCUT2D eigenvalue weighted by Crippen LogP contribution is 2.12. The van der Waals surface area contributed by atoms with Crippen LogP contribution in [0.1, 0.15) is 18.2 Å². The highest BCUT2D eigenvalue weighted by atomic mass is 16.4. The van der Waals surface area contributed by atoms with Crippen LogP contribution in [0.25, 0.3) is 0 Å². The first-order valence-electron chi connectivity index (χ1n) is 3.47. The van der Waals surface area contributed by atoms with E-state index in [1.54, 1.807) is 17.8 Å². The fourth-order valence-electron chi connectivity index (χ4n) is 0.875. The molecule has 2 N–H and O–H groups in total. The average Bonchev–Trinajstić information content (AvgIpc) is 2.34. The maximum Gasteiger partial charge on any atom is 0.306 e. The van der Waals surface area contributed by atoms with Crippen LogP contribution in [0.15, 0.2) is 12.5 Å². The number of carbonyl (C=O) groups is 1. The van der Waals surface area contributed by atoms with Crippen LogP contribution in [0.4, 0.5) is 0 Å². The van der Waals surface area contributed by atoms with Crippen molar-refractivity contribution < 1.29 is 15.0 Å². The number of aromatic nitrogens is 2. The Labute approximate surface area is 69.3 Å². The van der Waals surface area contributed by atoms with Crippen molar-refractivity contribution in [1.29, 1.82) is 0 Å². The Balaban J connectivity index is 2.64. The summed E-state index contributed by atoms with van der Waals surface area (Å²) in [6.07, 6.45) is 1.79. The van der Waals surface area contributed by atoms with E-state index in [1.165, 1.54) is 6.33 Å². The van der Waals surface area contributed by atoms with E-state index in [-0.39, 0.29) is 6.42 Å². The summed E-state index contributed by atoms with van der Waals surface area (Å²) >= 11 is 0. The summed E-state index contributed by atoms with van der Waals surface area (Å²) in [6.45, 7) is 0. The van der Waals surface area contributed by atoms with Crippen molar-refractivity contribution in [2.75, 3.05) is 0 Å². The molecule has 0 saturated carbocycles. The molecule has 5 heteroatoms. The lowest BCUT2D eigenvalue weighted by molar-refractivity contribution is -0.139. The molecule has 5 nitrogen and oxygen atoms in total. The number of imidazole rings is 1. The molecule has 1 rings (SSSR count). The molecule has 0 aromatic carbocycles. The van der Waals surface area contributed by atoms with E-state index >= 15 is 0 Å². The van der Waals surface area contributed by atoms with Crippen molar-refractivity contribution in [2.24, 2.45) is 7.05 Å². The molecule has 0 aliphatic rings. The summed E-state index contributed by atoms with van der Waals surface area (Å²) in [5.74, 6) is -1.03. The monoisotopic (exact) mass is 170 g/mol. The van der Waals surface area contributed by atoms with Crippen molar-refractivity contribution >= 4 is 5.97 Å². The summed E-state index contributed by atoms with van der Waals surface area (Å²) in [5.41, 5.74) is 0.389. The van der Waals surface area contributed by atoms with Gasteiger partial charge in [-0.3, -0.25) is 4.79 Å². The zero-order chi connectivity index (χ0) is 9.14. The Morgan fingerprint density at radius 3 is 2.92 bits per heavy atom. The summed E-state index contributed by atoms with van der Waals surface area (Å²) in [7, 11) is 1.75. The van der Waals surface area contributed by atoms with Crippen molar-refractivity contribution in [3.8, 4) is 0 Å². The first-order chi connectivity index (χ1) is 5.59. The molecule has 0 spiro atoms. The van der Waals surface area contributed by atoms with Crippen LogP contribution in [-0.4, -0.2) is 25.7 Å². The Hall–Kier alpha value is -1.36. The molecule has 0 saturated heterocycles. The van der Waals surface area contributed by atoms with Gasteiger partial charge in [0.05, 0.1) is 18.4 Å². The number of aliphatic carboxylic acids is 1. The molecule has 1 aromatic heterocycles. The van der Waals surface area contributed by atoms with Gasteiger partial charge >= 0.3 is 5.97 Å². The molecular formula is C7H10N2O3. The predicted molar refractivity (Wildman–Crippen MR) is 40.4 cm³/mol. The minimum absolute atomic E-state index is 0.309. The summed E-state index contributed by atoms with van der Waals surface area (Å²) in [6, 6.07) is 0. The van der Waals surface area contributed by atoms with E-state index in [0.717, 1.165) is 0 Å². The number of hydrogen-bond donors (Lipinski definition) is 2. The van der Waals surface area contributed by atoms with Gasteiger partial charge in [-0.15, -0.1) is 0 Å². The Morgan fingerprint density at radius 2 is 2.50 bits per heavy atom. The lowest BCUT2D eigenvalue weighted by atomic mass is 10.2. The maximum atomic E-state index is 10.2. The fraction of sp³-hybridized carbons (Fsp3) is 0.429. The Morgan fingerprint density at radius 1 is 1.83 bits per heavy atom. The quantitative estimate of drug-likeness (QED) is 0.665. The van der Waals surface area contributed by atoms with Crippen LogP contribution in [0, 0.1) is 0 Å². The number of hydrogen-bond acceptors (Lipinski definition) is 3. The SMILES string of the molecule is Cn1cnc([C@@H](O)CC(=O)O)c1. The van der Waals surface area contributed by atoms with E-state index in [1.807, 2.05) is 0 Å². The van der Waals surface area contributed by atoms with Gasteiger partial charge in [-0.25, -0.2) is 4.98 Å². The fourth-order valence-corrected chi connectivity index (χ4v) is 0.875. The van der Waals surface area contributed by atoms with Gasteiger partial charge in [-0.2, -0.15) is 0 Å². The second kappa shape index (κ2) is 3.36. The molecule has 1 atom stereocenters. The van der Waals surface area contributed by atoms with Crippen LogP contribution >= 0.6 is 0 Å². The maximum absolute atomic E-state index is 10.2. The minimum Gasteiger partial charge on any atom is -0.481 e. The number of carboxylic acid groups (broad SMARTS) is 1. The van der Waals surface area contributed by atoms with Gasteiger partial charge in [0.2, 0.25) is 0 Å². The molecule has 66 valence electrons. The largest absolute Gasteiger partial charge is 0.481 e. The number of rotatable bonds is 3. The summed E-state index contributed by atoms with van der Waals surface area (Å²) < 4.78 is 1.65. The molecule has 0 bridgehead atoms. The smallest absolute Gasteiger partial charge is 0.306 e. The molecule has 0 aliphatic heterocycles. The number of aliphatic hydroxyl groups is 1. The highest BCUT2D eigenvalue weighted by Gasteiger charge is 2.13. The van der Waals surface area contributed by atoms with Crippen LogP contribution in [0.5, 0.6) is 0 Å².